The second-order valence-electron chi connectivity index (χ2n) is 5.82. The second kappa shape index (κ2) is 6.12. The molecule has 0 aromatic heterocycles. The minimum absolute atomic E-state index is 0.0159. The first-order valence-electron chi connectivity index (χ1n) is 6.95. The number of sulfonamides is 1. The van der Waals surface area contributed by atoms with E-state index < -0.39 is 10.0 Å². The molecule has 1 unspecified atom stereocenters. The maximum atomic E-state index is 12.9. The third-order valence-corrected chi connectivity index (χ3v) is 6.21. The van der Waals surface area contributed by atoms with Crippen LogP contribution in [0.2, 0.25) is 5.02 Å². The Bertz CT molecular complexity index is 608. The van der Waals surface area contributed by atoms with Crippen LogP contribution in [0, 0.1) is 6.92 Å². The van der Waals surface area contributed by atoms with E-state index >= 15 is 0 Å². The molecule has 21 heavy (non-hydrogen) atoms. The fourth-order valence-corrected chi connectivity index (χ4v) is 4.69. The first kappa shape index (κ1) is 16.5. The molecule has 0 bridgehead atoms. The average molecular weight is 332 g/mol. The highest BCUT2D eigenvalue weighted by Crippen LogP contribution is 2.31. The maximum Gasteiger partial charge on any atom is 0.243 e. The number of nitrogens with two attached hydrogens (primary N) is 1. The third-order valence-electron chi connectivity index (χ3n) is 3.76. The molecule has 1 atom stereocenters. The van der Waals surface area contributed by atoms with Crippen LogP contribution in [0.15, 0.2) is 17.0 Å². The molecular weight excluding hydrogens is 310 g/mol. The highest BCUT2D eigenvalue weighted by molar-refractivity contribution is 7.89. The van der Waals surface area contributed by atoms with E-state index in [0.29, 0.717) is 22.8 Å². The molecule has 0 spiro atoms. The van der Waals surface area contributed by atoms with Gasteiger partial charge in [0.05, 0.1) is 15.6 Å². The monoisotopic (exact) mass is 331 g/mol. The lowest BCUT2D eigenvalue weighted by Crippen LogP contribution is -2.41. The molecule has 1 saturated heterocycles. The molecule has 118 valence electrons. The average Bonchev–Trinajstić information content (AvgIpc) is 2.83. The SMILES string of the molecule is Cc1cc(S(=O)(=O)N2CCCC2CN(C)C)cc(N)c1Cl. The van der Waals surface area contributed by atoms with Crippen molar-refractivity contribution in [3.63, 3.8) is 0 Å². The van der Waals surface area contributed by atoms with E-state index in [1.165, 1.54) is 6.07 Å². The van der Waals surface area contributed by atoms with Gasteiger partial charge in [-0.1, -0.05) is 11.6 Å². The zero-order chi connectivity index (χ0) is 15.8. The Labute approximate surface area is 131 Å². The number of halogens is 1. The van der Waals surface area contributed by atoms with Crippen molar-refractivity contribution in [1.29, 1.82) is 0 Å². The number of likely N-dealkylation sites (N-methyl/N-ethyl adjacent to an activating group) is 1. The molecule has 0 saturated carbocycles. The molecule has 1 aliphatic rings. The van der Waals surface area contributed by atoms with Crippen molar-refractivity contribution in [1.82, 2.24) is 9.21 Å². The fourth-order valence-electron chi connectivity index (χ4n) is 2.78. The lowest BCUT2D eigenvalue weighted by molar-refractivity contribution is 0.291. The summed E-state index contributed by atoms with van der Waals surface area (Å²) in [7, 11) is 0.377. The van der Waals surface area contributed by atoms with Crippen molar-refractivity contribution in [2.45, 2.75) is 30.7 Å². The van der Waals surface area contributed by atoms with Crippen LogP contribution < -0.4 is 5.73 Å². The standard InChI is InChI=1S/C14H22ClN3O2S/c1-10-7-12(8-13(16)14(10)15)21(19,20)18-6-4-5-11(18)9-17(2)3/h7-8,11H,4-6,9,16H2,1-3H3. The van der Waals surface area contributed by atoms with Gasteiger partial charge in [0.1, 0.15) is 0 Å². The van der Waals surface area contributed by atoms with Crippen molar-refractivity contribution in [2.24, 2.45) is 0 Å². The molecule has 0 aliphatic carbocycles. The normalized spacial score (nSPS) is 20.3. The fraction of sp³-hybridized carbons (Fsp3) is 0.571. The predicted octanol–water partition coefficient (Wildman–Crippen LogP) is 1.95. The van der Waals surface area contributed by atoms with Gasteiger partial charge in [0.15, 0.2) is 0 Å². The third kappa shape index (κ3) is 3.34. The first-order valence-corrected chi connectivity index (χ1v) is 8.77. The molecule has 2 N–H and O–H groups in total. The van der Waals surface area contributed by atoms with Gasteiger partial charge < -0.3 is 10.6 Å². The number of aryl methyl sites for hydroxylation is 1. The zero-order valence-corrected chi connectivity index (χ0v) is 14.2. The number of anilines is 1. The number of benzene rings is 1. The number of nitrogen functional groups attached to an aromatic ring is 1. The minimum Gasteiger partial charge on any atom is -0.397 e. The van der Waals surface area contributed by atoms with E-state index in [0.717, 1.165) is 19.4 Å². The molecule has 0 radical (unpaired) electrons. The van der Waals surface area contributed by atoms with Crippen LogP contribution in [0.25, 0.3) is 0 Å². The summed E-state index contributed by atoms with van der Waals surface area (Å²) < 4.78 is 27.3. The minimum atomic E-state index is -3.53. The molecule has 7 heteroatoms. The van der Waals surface area contributed by atoms with Crippen LogP contribution in [-0.4, -0.2) is 50.8 Å². The summed E-state index contributed by atoms with van der Waals surface area (Å²) in [5.74, 6) is 0. The predicted molar refractivity (Wildman–Crippen MR) is 86.1 cm³/mol. The molecule has 1 heterocycles. The summed E-state index contributed by atoms with van der Waals surface area (Å²) >= 11 is 6.02. The first-order chi connectivity index (χ1) is 9.73. The van der Waals surface area contributed by atoms with Gasteiger partial charge in [-0.05, 0) is 51.6 Å². The van der Waals surface area contributed by atoms with E-state index in [9.17, 15) is 8.42 Å². The summed E-state index contributed by atoms with van der Waals surface area (Å²) in [6.07, 6.45) is 1.78. The van der Waals surface area contributed by atoms with Crippen LogP contribution in [-0.2, 0) is 10.0 Å². The Morgan fingerprint density at radius 3 is 2.67 bits per heavy atom. The van der Waals surface area contributed by atoms with E-state index in [1.807, 2.05) is 19.0 Å². The molecule has 2 rings (SSSR count). The molecule has 1 aromatic carbocycles. The quantitative estimate of drug-likeness (QED) is 0.856. The van der Waals surface area contributed by atoms with E-state index in [1.54, 1.807) is 17.3 Å². The van der Waals surface area contributed by atoms with Crippen LogP contribution >= 0.6 is 11.6 Å². The Hall–Kier alpha value is -0.820. The maximum absolute atomic E-state index is 12.9. The van der Waals surface area contributed by atoms with E-state index in [2.05, 4.69) is 0 Å². The van der Waals surface area contributed by atoms with E-state index in [4.69, 9.17) is 17.3 Å². The van der Waals surface area contributed by atoms with Gasteiger partial charge in [0.2, 0.25) is 10.0 Å². The Kier molecular flexibility index (Phi) is 4.82. The highest BCUT2D eigenvalue weighted by Gasteiger charge is 2.35. The Balaban J connectivity index is 2.37. The van der Waals surface area contributed by atoms with Crippen molar-refractivity contribution in [2.75, 3.05) is 32.9 Å². The van der Waals surface area contributed by atoms with Gasteiger partial charge in [0.25, 0.3) is 0 Å². The van der Waals surface area contributed by atoms with Gasteiger partial charge in [-0.15, -0.1) is 0 Å². The number of rotatable bonds is 4. The van der Waals surface area contributed by atoms with E-state index in [-0.39, 0.29) is 10.9 Å². The zero-order valence-electron chi connectivity index (χ0n) is 12.6. The summed E-state index contributed by atoms with van der Waals surface area (Å²) in [5, 5.41) is 0.417. The van der Waals surface area contributed by atoms with Crippen LogP contribution in [0.5, 0.6) is 0 Å². The van der Waals surface area contributed by atoms with Gasteiger partial charge in [-0.3, -0.25) is 0 Å². The largest absolute Gasteiger partial charge is 0.397 e. The van der Waals surface area contributed by atoms with Gasteiger partial charge >= 0.3 is 0 Å². The molecule has 5 nitrogen and oxygen atoms in total. The molecule has 1 fully saturated rings. The Morgan fingerprint density at radius 2 is 2.10 bits per heavy atom. The number of hydrogen-bond donors (Lipinski definition) is 1. The number of hydrogen-bond acceptors (Lipinski definition) is 4. The van der Waals surface area contributed by atoms with Crippen LogP contribution in [0.3, 0.4) is 0 Å². The Morgan fingerprint density at radius 1 is 1.43 bits per heavy atom. The summed E-state index contributed by atoms with van der Waals surface area (Å²) in [4.78, 5) is 2.24. The summed E-state index contributed by atoms with van der Waals surface area (Å²) in [6, 6.07) is 3.07. The van der Waals surface area contributed by atoms with Crippen LogP contribution in [0.1, 0.15) is 18.4 Å². The van der Waals surface area contributed by atoms with Crippen LogP contribution in [0.4, 0.5) is 5.69 Å². The lowest BCUT2D eigenvalue weighted by Gasteiger charge is -2.26. The topological polar surface area (TPSA) is 66.6 Å². The molecule has 0 amide bonds. The molecule has 1 aromatic rings. The van der Waals surface area contributed by atoms with Crippen molar-refractivity contribution < 1.29 is 8.42 Å². The lowest BCUT2D eigenvalue weighted by atomic mass is 10.2. The molecule has 1 aliphatic heterocycles. The van der Waals surface area contributed by atoms with Crippen molar-refractivity contribution in [3.05, 3.63) is 22.7 Å². The van der Waals surface area contributed by atoms with Gasteiger partial charge in [-0.25, -0.2) is 8.42 Å². The van der Waals surface area contributed by atoms with Gasteiger partial charge in [-0.2, -0.15) is 4.31 Å². The van der Waals surface area contributed by atoms with Crippen molar-refractivity contribution >= 4 is 27.3 Å². The van der Waals surface area contributed by atoms with Gasteiger partial charge in [0, 0.05) is 19.1 Å². The number of nitrogens with zero attached hydrogens (tertiary/aromatic N) is 2. The summed E-state index contributed by atoms with van der Waals surface area (Å²) in [6.45, 7) is 3.04. The smallest absolute Gasteiger partial charge is 0.243 e. The molecular formula is C14H22ClN3O2S. The highest BCUT2D eigenvalue weighted by atomic mass is 35.5. The summed E-state index contributed by atoms with van der Waals surface area (Å²) in [5.41, 5.74) is 6.79. The van der Waals surface area contributed by atoms with Crippen molar-refractivity contribution in [3.8, 4) is 0 Å². The second-order valence-corrected chi connectivity index (χ2v) is 8.09.